The van der Waals surface area contributed by atoms with E-state index in [0.29, 0.717) is 37.4 Å². The molecule has 2 aliphatic heterocycles. The standard InChI is InChI=1S/C21H23F4N3O5/c22-20(23)30-6-4-12-1-2-17-13(7-12)8-14(10-31-17)26-19(29)16-9-18-28(27-16)5-3-15(33-18)11-32-21(24)25/h1-2,7,9,14-15,20-21H,3-6,8,10-11H2,(H,26,29)/t14-,15-/m1/s1. The average molecular weight is 473 g/mol. The predicted octanol–water partition coefficient (Wildman–Crippen LogP) is 2.79. The molecule has 0 saturated carbocycles. The van der Waals surface area contributed by atoms with E-state index in [0.717, 1.165) is 11.1 Å². The zero-order valence-corrected chi connectivity index (χ0v) is 17.5. The second-order valence-corrected chi connectivity index (χ2v) is 7.72. The summed E-state index contributed by atoms with van der Waals surface area (Å²) in [6, 6.07) is 6.57. The number of hydrogen-bond donors (Lipinski definition) is 1. The second-order valence-electron chi connectivity index (χ2n) is 7.72. The zero-order chi connectivity index (χ0) is 23.4. The average Bonchev–Trinajstić information content (AvgIpc) is 3.21. The van der Waals surface area contributed by atoms with Gasteiger partial charge in [-0.2, -0.15) is 22.7 Å². The lowest BCUT2D eigenvalue weighted by Gasteiger charge is -2.26. The van der Waals surface area contributed by atoms with E-state index in [1.54, 1.807) is 12.1 Å². The van der Waals surface area contributed by atoms with Crippen molar-refractivity contribution in [3.63, 3.8) is 0 Å². The molecule has 0 aliphatic carbocycles. The van der Waals surface area contributed by atoms with Gasteiger partial charge in [-0.1, -0.05) is 12.1 Å². The Balaban J connectivity index is 1.33. The number of amides is 1. The number of alkyl halides is 4. The fraction of sp³-hybridized carbons (Fsp3) is 0.524. The number of nitrogens with zero attached hydrogens (tertiary/aromatic N) is 2. The number of ether oxygens (including phenoxy) is 4. The van der Waals surface area contributed by atoms with E-state index in [9.17, 15) is 22.4 Å². The van der Waals surface area contributed by atoms with Crippen LogP contribution in [-0.2, 0) is 28.9 Å². The van der Waals surface area contributed by atoms with Crippen LogP contribution in [0.15, 0.2) is 24.3 Å². The van der Waals surface area contributed by atoms with Crippen molar-refractivity contribution in [1.82, 2.24) is 15.1 Å². The van der Waals surface area contributed by atoms with Crippen LogP contribution in [0.25, 0.3) is 0 Å². The van der Waals surface area contributed by atoms with Gasteiger partial charge < -0.3 is 24.3 Å². The highest BCUT2D eigenvalue weighted by Crippen LogP contribution is 2.27. The van der Waals surface area contributed by atoms with Gasteiger partial charge in [0.05, 0.1) is 19.3 Å². The van der Waals surface area contributed by atoms with Gasteiger partial charge in [0.1, 0.15) is 18.5 Å². The lowest BCUT2D eigenvalue weighted by atomic mass is 9.99. The second kappa shape index (κ2) is 10.4. The number of aryl methyl sites for hydroxylation is 1. The van der Waals surface area contributed by atoms with E-state index in [1.807, 2.05) is 6.07 Å². The van der Waals surface area contributed by atoms with Gasteiger partial charge in [-0.25, -0.2) is 4.68 Å². The van der Waals surface area contributed by atoms with Gasteiger partial charge in [-0.3, -0.25) is 4.79 Å². The van der Waals surface area contributed by atoms with E-state index >= 15 is 0 Å². The molecule has 0 fully saturated rings. The van der Waals surface area contributed by atoms with Crippen molar-refractivity contribution in [1.29, 1.82) is 0 Å². The quantitative estimate of drug-likeness (QED) is 0.564. The molecule has 3 heterocycles. The van der Waals surface area contributed by atoms with Crippen LogP contribution in [0, 0.1) is 0 Å². The first-order chi connectivity index (χ1) is 15.9. The Kier molecular flexibility index (Phi) is 7.33. The highest BCUT2D eigenvalue weighted by atomic mass is 19.3. The Bertz CT molecular complexity index is 971. The third kappa shape index (κ3) is 6.14. The highest BCUT2D eigenvalue weighted by molar-refractivity contribution is 5.92. The summed E-state index contributed by atoms with van der Waals surface area (Å²) in [5, 5.41) is 7.10. The largest absolute Gasteiger partial charge is 0.491 e. The van der Waals surface area contributed by atoms with Crippen molar-refractivity contribution >= 4 is 5.91 Å². The molecule has 2 atom stereocenters. The fourth-order valence-corrected chi connectivity index (χ4v) is 3.78. The van der Waals surface area contributed by atoms with Crippen LogP contribution in [0.5, 0.6) is 11.6 Å². The monoisotopic (exact) mass is 473 g/mol. The number of hydrogen-bond acceptors (Lipinski definition) is 6. The van der Waals surface area contributed by atoms with E-state index in [-0.39, 0.29) is 31.6 Å². The fourth-order valence-electron chi connectivity index (χ4n) is 3.78. The van der Waals surface area contributed by atoms with Crippen LogP contribution in [-0.4, -0.2) is 60.9 Å². The maximum absolute atomic E-state index is 12.7. The molecule has 2 aliphatic rings. The lowest BCUT2D eigenvalue weighted by molar-refractivity contribution is -0.147. The Labute approximate surface area is 186 Å². The minimum Gasteiger partial charge on any atom is -0.491 e. The molecule has 2 aromatic rings. The minimum absolute atomic E-state index is 0.0976. The van der Waals surface area contributed by atoms with Crippen molar-refractivity contribution in [2.45, 2.75) is 51.2 Å². The summed E-state index contributed by atoms with van der Waals surface area (Å²) >= 11 is 0. The topological polar surface area (TPSA) is 83.8 Å². The summed E-state index contributed by atoms with van der Waals surface area (Å²) in [5.41, 5.74) is 1.83. The van der Waals surface area contributed by atoms with Crippen molar-refractivity contribution in [2.24, 2.45) is 0 Å². The first-order valence-corrected chi connectivity index (χ1v) is 10.5. The zero-order valence-electron chi connectivity index (χ0n) is 17.5. The number of rotatable bonds is 9. The van der Waals surface area contributed by atoms with Gasteiger partial charge in [0.25, 0.3) is 5.91 Å². The van der Waals surface area contributed by atoms with E-state index in [1.165, 1.54) is 10.7 Å². The number of fused-ring (bicyclic) bond motifs is 2. The normalized spacial score (nSPS) is 19.6. The van der Waals surface area contributed by atoms with Crippen molar-refractivity contribution < 1.29 is 41.3 Å². The van der Waals surface area contributed by atoms with Crippen LogP contribution in [0.4, 0.5) is 17.6 Å². The summed E-state index contributed by atoms with van der Waals surface area (Å²) in [7, 11) is 0. The Morgan fingerprint density at radius 2 is 2.03 bits per heavy atom. The number of nitrogens with one attached hydrogen (secondary N) is 1. The van der Waals surface area contributed by atoms with E-state index < -0.39 is 25.2 Å². The number of halogens is 4. The summed E-state index contributed by atoms with van der Waals surface area (Å²) < 4.78 is 70.2. The van der Waals surface area contributed by atoms with Crippen LogP contribution < -0.4 is 14.8 Å². The molecular weight excluding hydrogens is 450 g/mol. The van der Waals surface area contributed by atoms with Gasteiger partial charge in [0, 0.05) is 19.0 Å². The van der Waals surface area contributed by atoms with Crippen LogP contribution in [0.2, 0.25) is 0 Å². The van der Waals surface area contributed by atoms with Gasteiger partial charge in [-0.15, -0.1) is 0 Å². The molecule has 0 bridgehead atoms. The SMILES string of the molecule is O=C(N[C@H]1COc2ccc(CCOC(F)F)cc2C1)c1cc2n(n1)CC[C@H](COC(F)F)O2. The van der Waals surface area contributed by atoms with Crippen molar-refractivity contribution in [3.05, 3.63) is 41.1 Å². The van der Waals surface area contributed by atoms with Crippen molar-refractivity contribution in [3.8, 4) is 11.6 Å². The Hall–Kier alpha value is -2.86. The smallest absolute Gasteiger partial charge is 0.345 e. The maximum atomic E-state index is 12.7. The highest BCUT2D eigenvalue weighted by Gasteiger charge is 2.27. The molecule has 0 saturated heterocycles. The minimum atomic E-state index is -2.87. The molecule has 8 nitrogen and oxygen atoms in total. The first kappa shape index (κ1) is 23.3. The molecule has 1 amide bonds. The molecule has 1 N–H and O–H groups in total. The molecule has 1 aromatic carbocycles. The number of carbonyl (C=O) groups is 1. The first-order valence-electron chi connectivity index (χ1n) is 10.5. The summed E-state index contributed by atoms with van der Waals surface area (Å²) in [4.78, 5) is 12.7. The molecule has 1 aromatic heterocycles. The number of carbonyl (C=O) groups excluding carboxylic acids is 1. The van der Waals surface area contributed by atoms with Gasteiger partial charge >= 0.3 is 13.2 Å². The molecule has 0 spiro atoms. The lowest BCUT2D eigenvalue weighted by Crippen LogP contribution is -2.43. The maximum Gasteiger partial charge on any atom is 0.345 e. The summed E-state index contributed by atoms with van der Waals surface area (Å²) in [6.07, 6.45) is 0.725. The van der Waals surface area contributed by atoms with Crippen LogP contribution in [0.1, 0.15) is 28.0 Å². The third-order valence-corrected chi connectivity index (χ3v) is 5.34. The predicted molar refractivity (Wildman–Crippen MR) is 106 cm³/mol. The summed E-state index contributed by atoms with van der Waals surface area (Å²) in [6.45, 7) is -5.34. The summed E-state index contributed by atoms with van der Waals surface area (Å²) in [5.74, 6) is 0.580. The molecule has 0 radical (unpaired) electrons. The van der Waals surface area contributed by atoms with Gasteiger partial charge in [0.15, 0.2) is 5.69 Å². The molecule has 4 rings (SSSR count). The van der Waals surface area contributed by atoms with Crippen LogP contribution >= 0.6 is 0 Å². The molecule has 33 heavy (non-hydrogen) atoms. The van der Waals surface area contributed by atoms with Crippen molar-refractivity contribution in [2.75, 3.05) is 19.8 Å². The molecule has 12 heteroatoms. The van der Waals surface area contributed by atoms with Crippen LogP contribution in [0.3, 0.4) is 0 Å². The number of benzene rings is 1. The van der Waals surface area contributed by atoms with Gasteiger partial charge in [0.2, 0.25) is 5.88 Å². The molecule has 0 unspecified atom stereocenters. The number of aromatic nitrogens is 2. The van der Waals surface area contributed by atoms with E-state index in [2.05, 4.69) is 19.9 Å². The van der Waals surface area contributed by atoms with E-state index in [4.69, 9.17) is 9.47 Å². The van der Waals surface area contributed by atoms with Gasteiger partial charge in [-0.05, 0) is 30.0 Å². The Morgan fingerprint density at radius 3 is 2.82 bits per heavy atom. The molecular formula is C21H23F4N3O5. The third-order valence-electron chi connectivity index (χ3n) is 5.34. The molecule has 180 valence electrons. The Morgan fingerprint density at radius 1 is 1.21 bits per heavy atom.